The van der Waals surface area contributed by atoms with Gasteiger partial charge in [0.1, 0.15) is 5.78 Å². The molecule has 0 N–H and O–H groups in total. The molecule has 0 spiro atoms. The van der Waals surface area contributed by atoms with E-state index >= 15 is 0 Å². The predicted molar refractivity (Wildman–Crippen MR) is 78.8 cm³/mol. The molecule has 1 aromatic carbocycles. The highest BCUT2D eigenvalue weighted by atomic mass is 16.1. The molecule has 0 heterocycles. The van der Waals surface area contributed by atoms with Crippen LogP contribution < -0.4 is 0 Å². The van der Waals surface area contributed by atoms with Crippen molar-refractivity contribution in [1.82, 2.24) is 0 Å². The number of hydrogen-bond acceptors (Lipinski definition) is 1. The molecule has 1 aromatic rings. The second-order valence-corrected chi connectivity index (χ2v) is 6.80. The minimum Gasteiger partial charge on any atom is -0.299 e. The third-order valence-electron chi connectivity index (χ3n) is 5.62. The van der Waals surface area contributed by atoms with Gasteiger partial charge in [0.2, 0.25) is 0 Å². The lowest BCUT2D eigenvalue weighted by molar-refractivity contribution is -0.126. The standard InChI is InChI=1S/C18H22O/c1-13-4-6-14(7-5-13)8-10-18-11-9-15(12-16(18)19)17(18,2)3/h4-8,10,15H,9,11-12H2,1-3H3/b10-8+. The van der Waals surface area contributed by atoms with Crippen LogP contribution in [0.3, 0.4) is 0 Å². The van der Waals surface area contributed by atoms with Crippen LogP contribution in [0.1, 0.15) is 44.2 Å². The monoisotopic (exact) mass is 254 g/mol. The molecule has 2 atom stereocenters. The average molecular weight is 254 g/mol. The van der Waals surface area contributed by atoms with Crippen LogP contribution in [0.5, 0.6) is 0 Å². The summed E-state index contributed by atoms with van der Waals surface area (Å²) in [6, 6.07) is 8.50. The van der Waals surface area contributed by atoms with Crippen molar-refractivity contribution in [2.75, 3.05) is 0 Å². The molecular weight excluding hydrogens is 232 g/mol. The molecule has 2 aliphatic rings. The van der Waals surface area contributed by atoms with Gasteiger partial charge in [-0.2, -0.15) is 0 Å². The molecule has 0 aliphatic heterocycles. The summed E-state index contributed by atoms with van der Waals surface area (Å²) in [6.45, 7) is 6.64. The summed E-state index contributed by atoms with van der Waals surface area (Å²) < 4.78 is 0. The van der Waals surface area contributed by atoms with E-state index in [2.05, 4.69) is 57.2 Å². The van der Waals surface area contributed by atoms with E-state index in [0.717, 1.165) is 12.8 Å². The summed E-state index contributed by atoms with van der Waals surface area (Å²) in [7, 11) is 0. The number of benzene rings is 1. The van der Waals surface area contributed by atoms with Crippen LogP contribution in [0.2, 0.25) is 0 Å². The molecule has 3 rings (SSSR count). The van der Waals surface area contributed by atoms with Crippen molar-refractivity contribution in [3.63, 3.8) is 0 Å². The molecule has 2 aliphatic carbocycles. The van der Waals surface area contributed by atoms with E-state index in [1.165, 1.54) is 17.5 Å². The first-order chi connectivity index (χ1) is 8.96. The largest absolute Gasteiger partial charge is 0.299 e. The van der Waals surface area contributed by atoms with E-state index in [4.69, 9.17) is 0 Å². The van der Waals surface area contributed by atoms with Crippen molar-refractivity contribution in [3.8, 4) is 0 Å². The number of Topliss-reactive ketones (excluding diaryl/α,β-unsaturated/α-hetero) is 1. The molecule has 2 bridgehead atoms. The van der Waals surface area contributed by atoms with Gasteiger partial charge in [-0.25, -0.2) is 0 Å². The molecule has 1 nitrogen and oxygen atoms in total. The van der Waals surface area contributed by atoms with Crippen molar-refractivity contribution >= 4 is 11.9 Å². The third-order valence-corrected chi connectivity index (χ3v) is 5.62. The van der Waals surface area contributed by atoms with Gasteiger partial charge in [-0.15, -0.1) is 0 Å². The van der Waals surface area contributed by atoms with Gasteiger partial charge < -0.3 is 0 Å². The van der Waals surface area contributed by atoms with Gasteiger partial charge >= 0.3 is 0 Å². The molecule has 0 saturated heterocycles. The van der Waals surface area contributed by atoms with Crippen molar-refractivity contribution in [2.45, 2.75) is 40.0 Å². The summed E-state index contributed by atoms with van der Waals surface area (Å²) in [4.78, 5) is 12.4. The van der Waals surface area contributed by atoms with Crippen molar-refractivity contribution in [2.24, 2.45) is 16.7 Å². The molecule has 2 saturated carbocycles. The molecule has 0 amide bonds. The van der Waals surface area contributed by atoms with E-state index in [-0.39, 0.29) is 10.8 Å². The summed E-state index contributed by atoms with van der Waals surface area (Å²) in [5, 5.41) is 0. The number of ketones is 1. The van der Waals surface area contributed by atoms with Gasteiger partial charge in [0.05, 0.1) is 5.41 Å². The Morgan fingerprint density at radius 1 is 1.21 bits per heavy atom. The van der Waals surface area contributed by atoms with Crippen LogP contribution >= 0.6 is 0 Å². The lowest BCUT2D eigenvalue weighted by Crippen LogP contribution is -2.33. The number of hydrogen-bond donors (Lipinski definition) is 0. The fourth-order valence-electron chi connectivity index (χ4n) is 4.02. The second kappa shape index (κ2) is 4.06. The lowest BCUT2D eigenvalue weighted by Gasteiger charge is -2.33. The Bertz CT molecular complexity index is 535. The zero-order chi connectivity index (χ0) is 13.7. The third kappa shape index (κ3) is 1.71. The minimum absolute atomic E-state index is 0.130. The Hall–Kier alpha value is -1.37. The molecule has 2 unspecified atom stereocenters. The van der Waals surface area contributed by atoms with Gasteiger partial charge in [-0.05, 0) is 36.7 Å². The first kappa shape index (κ1) is 12.7. The molecule has 0 radical (unpaired) electrons. The van der Waals surface area contributed by atoms with Crippen LogP contribution in [-0.4, -0.2) is 5.78 Å². The summed E-state index contributed by atoms with van der Waals surface area (Å²) >= 11 is 0. The Kier molecular flexibility index (Phi) is 2.70. The quantitative estimate of drug-likeness (QED) is 0.764. The Morgan fingerprint density at radius 3 is 2.42 bits per heavy atom. The second-order valence-electron chi connectivity index (χ2n) is 6.80. The minimum atomic E-state index is -0.206. The van der Waals surface area contributed by atoms with Gasteiger partial charge in [0.25, 0.3) is 0 Å². The Labute approximate surface area is 115 Å². The van der Waals surface area contributed by atoms with E-state index < -0.39 is 0 Å². The summed E-state index contributed by atoms with van der Waals surface area (Å²) in [5.41, 5.74) is 2.39. The van der Waals surface area contributed by atoms with Gasteiger partial charge in [0.15, 0.2) is 0 Å². The fourth-order valence-corrected chi connectivity index (χ4v) is 4.02. The van der Waals surface area contributed by atoms with Crippen molar-refractivity contribution in [1.29, 1.82) is 0 Å². The number of carbonyl (C=O) groups excluding carboxylic acids is 1. The maximum atomic E-state index is 12.4. The smallest absolute Gasteiger partial charge is 0.143 e. The number of allylic oxidation sites excluding steroid dienone is 1. The van der Waals surface area contributed by atoms with Gasteiger partial charge in [-0.1, -0.05) is 55.8 Å². The van der Waals surface area contributed by atoms with Crippen LogP contribution in [0.15, 0.2) is 30.3 Å². The van der Waals surface area contributed by atoms with Crippen LogP contribution in [0, 0.1) is 23.7 Å². The first-order valence-electron chi connectivity index (χ1n) is 7.25. The van der Waals surface area contributed by atoms with E-state index in [1.807, 2.05) is 0 Å². The van der Waals surface area contributed by atoms with E-state index in [1.54, 1.807) is 0 Å². The highest BCUT2D eigenvalue weighted by Crippen LogP contribution is 2.64. The van der Waals surface area contributed by atoms with Gasteiger partial charge in [0, 0.05) is 6.42 Å². The lowest BCUT2D eigenvalue weighted by atomic mass is 9.68. The highest BCUT2D eigenvalue weighted by Gasteiger charge is 2.62. The Morgan fingerprint density at radius 2 is 1.89 bits per heavy atom. The first-order valence-corrected chi connectivity index (χ1v) is 7.25. The van der Waals surface area contributed by atoms with Crippen molar-refractivity contribution < 1.29 is 4.79 Å². The highest BCUT2D eigenvalue weighted by molar-refractivity contribution is 5.92. The predicted octanol–water partition coefficient (Wildman–Crippen LogP) is 4.40. The summed E-state index contributed by atoms with van der Waals surface area (Å²) in [5.74, 6) is 1.04. The number of carbonyl (C=O) groups is 1. The number of aryl methyl sites for hydroxylation is 1. The van der Waals surface area contributed by atoms with E-state index in [0.29, 0.717) is 11.7 Å². The fraction of sp³-hybridized carbons (Fsp3) is 0.500. The molecule has 19 heavy (non-hydrogen) atoms. The van der Waals surface area contributed by atoms with Crippen LogP contribution in [0.25, 0.3) is 6.08 Å². The molecule has 2 fully saturated rings. The maximum absolute atomic E-state index is 12.4. The number of fused-ring (bicyclic) bond motifs is 2. The zero-order valence-electron chi connectivity index (χ0n) is 12.1. The van der Waals surface area contributed by atoms with E-state index in [9.17, 15) is 4.79 Å². The molecule has 1 heteroatoms. The normalized spacial score (nSPS) is 32.4. The molecule has 0 aromatic heterocycles. The van der Waals surface area contributed by atoms with Gasteiger partial charge in [-0.3, -0.25) is 4.79 Å². The molecule has 100 valence electrons. The summed E-state index contributed by atoms with van der Waals surface area (Å²) in [6.07, 6.45) is 7.37. The van der Waals surface area contributed by atoms with Crippen molar-refractivity contribution in [3.05, 3.63) is 41.5 Å². The van der Waals surface area contributed by atoms with Crippen LogP contribution in [0.4, 0.5) is 0 Å². The molecular formula is C18H22O. The number of rotatable bonds is 2. The van der Waals surface area contributed by atoms with Crippen LogP contribution in [-0.2, 0) is 4.79 Å². The average Bonchev–Trinajstić information content (AvgIpc) is 2.72. The SMILES string of the molecule is Cc1ccc(/C=C/C23CCC(CC2=O)C3(C)C)cc1. The maximum Gasteiger partial charge on any atom is 0.143 e. The Balaban J connectivity index is 1.93. The zero-order valence-corrected chi connectivity index (χ0v) is 12.1. The topological polar surface area (TPSA) is 17.1 Å².